The molecule has 4 heteroatoms. The highest BCUT2D eigenvalue weighted by Gasteiger charge is 2.08. The monoisotopic (exact) mass is 200 g/mol. The molecule has 0 spiro atoms. The normalized spacial score (nSPS) is 10.0. The van der Waals surface area contributed by atoms with Gasteiger partial charge < -0.3 is 14.9 Å². The first-order valence-corrected chi connectivity index (χ1v) is 4.52. The van der Waals surface area contributed by atoms with Gasteiger partial charge in [0, 0.05) is 0 Å². The molecule has 0 aliphatic carbocycles. The topological polar surface area (TPSA) is 49.7 Å². The Labute approximate surface area is 82.4 Å². The van der Waals surface area contributed by atoms with Crippen molar-refractivity contribution in [3.05, 3.63) is 17.7 Å². The number of phenols is 2. The Morgan fingerprint density at radius 1 is 1.38 bits per heavy atom. The van der Waals surface area contributed by atoms with E-state index in [2.05, 4.69) is 12.6 Å². The molecule has 0 unspecified atom stereocenters. The number of rotatable bonds is 3. The van der Waals surface area contributed by atoms with Gasteiger partial charge in [-0.1, -0.05) is 0 Å². The fourth-order valence-electron chi connectivity index (χ4n) is 1.08. The molecule has 1 rings (SSSR count). The second-order valence-electron chi connectivity index (χ2n) is 2.64. The molecule has 0 saturated heterocycles. The van der Waals surface area contributed by atoms with Gasteiger partial charge in [-0.05, 0) is 29.9 Å². The molecular weight excluding hydrogens is 188 g/mol. The van der Waals surface area contributed by atoms with Gasteiger partial charge in [0.15, 0.2) is 11.5 Å². The number of ether oxygens (including phenoxy) is 1. The van der Waals surface area contributed by atoms with Crippen LogP contribution in [0.1, 0.15) is 5.56 Å². The van der Waals surface area contributed by atoms with Gasteiger partial charge >= 0.3 is 0 Å². The summed E-state index contributed by atoms with van der Waals surface area (Å²) in [5, 5.41) is 18.6. The number of methoxy groups -OCH3 is 1. The smallest absolute Gasteiger partial charge is 0.200 e. The fraction of sp³-hybridized carbons (Fsp3) is 0.333. The molecule has 0 heterocycles. The SMILES string of the molecule is COc1cc(CCS)cc(O)c1O. The molecule has 0 aliphatic rings. The molecule has 0 saturated carbocycles. The second kappa shape index (κ2) is 4.28. The Kier molecular flexibility index (Phi) is 3.31. The van der Waals surface area contributed by atoms with Crippen molar-refractivity contribution in [3.8, 4) is 17.2 Å². The quantitative estimate of drug-likeness (QED) is 0.513. The van der Waals surface area contributed by atoms with Crippen LogP contribution in [0.3, 0.4) is 0 Å². The largest absolute Gasteiger partial charge is 0.504 e. The Hall–Kier alpha value is -1.03. The van der Waals surface area contributed by atoms with Crippen LogP contribution < -0.4 is 4.74 Å². The van der Waals surface area contributed by atoms with Gasteiger partial charge in [0.2, 0.25) is 5.75 Å². The van der Waals surface area contributed by atoms with E-state index in [-0.39, 0.29) is 17.2 Å². The van der Waals surface area contributed by atoms with E-state index in [1.165, 1.54) is 13.2 Å². The van der Waals surface area contributed by atoms with Gasteiger partial charge in [-0.3, -0.25) is 0 Å². The molecule has 0 aliphatic heterocycles. The van der Waals surface area contributed by atoms with E-state index in [9.17, 15) is 10.2 Å². The first-order valence-electron chi connectivity index (χ1n) is 3.88. The maximum Gasteiger partial charge on any atom is 0.200 e. The average Bonchev–Trinajstić information content (AvgIpc) is 2.11. The zero-order chi connectivity index (χ0) is 9.84. The van der Waals surface area contributed by atoms with Gasteiger partial charge in [-0.15, -0.1) is 0 Å². The minimum atomic E-state index is -0.217. The minimum Gasteiger partial charge on any atom is -0.504 e. The number of thiol groups is 1. The van der Waals surface area contributed by atoms with Crippen molar-refractivity contribution in [2.45, 2.75) is 6.42 Å². The number of phenolic OH excluding ortho intramolecular Hbond substituents is 2. The summed E-state index contributed by atoms with van der Waals surface area (Å²) in [6.07, 6.45) is 0.729. The molecule has 0 aromatic heterocycles. The molecule has 1 aromatic rings. The highest BCUT2D eigenvalue weighted by atomic mass is 32.1. The molecule has 72 valence electrons. The van der Waals surface area contributed by atoms with E-state index in [1.54, 1.807) is 6.07 Å². The zero-order valence-electron chi connectivity index (χ0n) is 7.32. The molecule has 13 heavy (non-hydrogen) atoms. The van der Waals surface area contributed by atoms with Crippen molar-refractivity contribution in [2.24, 2.45) is 0 Å². The lowest BCUT2D eigenvalue weighted by atomic mass is 10.1. The van der Waals surface area contributed by atoms with Crippen molar-refractivity contribution in [3.63, 3.8) is 0 Å². The maximum absolute atomic E-state index is 9.30. The summed E-state index contributed by atoms with van der Waals surface area (Å²) in [6, 6.07) is 3.19. The molecule has 0 amide bonds. The van der Waals surface area contributed by atoms with E-state index >= 15 is 0 Å². The first-order chi connectivity index (χ1) is 6.19. The predicted octanol–water partition coefficient (Wildman–Crippen LogP) is 1.58. The highest BCUT2D eigenvalue weighted by Crippen LogP contribution is 2.36. The standard InChI is InChI=1S/C9H12O3S/c1-12-8-5-6(2-3-13)4-7(10)9(8)11/h4-5,10-11,13H,2-3H2,1H3. The van der Waals surface area contributed by atoms with Crippen LogP contribution in [-0.4, -0.2) is 23.1 Å². The number of hydrogen-bond donors (Lipinski definition) is 3. The van der Waals surface area contributed by atoms with Crippen LogP contribution >= 0.6 is 12.6 Å². The lowest BCUT2D eigenvalue weighted by Gasteiger charge is -2.07. The van der Waals surface area contributed by atoms with E-state index in [4.69, 9.17) is 4.74 Å². The van der Waals surface area contributed by atoms with Crippen LogP contribution in [0.4, 0.5) is 0 Å². The molecule has 0 fully saturated rings. The molecule has 1 aromatic carbocycles. The second-order valence-corrected chi connectivity index (χ2v) is 3.09. The van der Waals surface area contributed by atoms with Gasteiger partial charge in [0.1, 0.15) is 0 Å². The Morgan fingerprint density at radius 2 is 2.08 bits per heavy atom. The van der Waals surface area contributed by atoms with Crippen molar-refractivity contribution in [1.82, 2.24) is 0 Å². The third kappa shape index (κ3) is 2.21. The van der Waals surface area contributed by atoms with Crippen molar-refractivity contribution in [2.75, 3.05) is 12.9 Å². The Balaban J connectivity index is 3.06. The lowest BCUT2D eigenvalue weighted by molar-refractivity contribution is 0.350. The van der Waals surface area contributed by atoms with Gasteiger partial charge in [0.05, 0.1) is 7.11 Å². The summed E-state index contributed by atoms with van der Waals surface area (Å²) in [5.74, 6) is 0.603. The van der Waals surface area contributed by atoms with Crippen LogP contribution in [0, 0.1) is 0 Å². The van der Waals surface area contributed by atoms with Crippen LogP contribution in [0.5, 0.6) is 17.2 Å². The van der Waals surface area contributed by atoms with Crippen molar-refractivity contribution < 1.29 is 14.9 Å². The van der Waals surface area contributed by atoms with Crippen LogP contribution in [0.15, 0.2) is 12.1 Å². The first kappa shape index (κ1) is 10.1. The molecule has 0 bridgehead atoms. The molecule has 0 atom stereocenters. The van der Waals surface area contributed by atoms with E-state index in [0.717, 1.165) is 12.0 Å². The zero-order valence-corrected chi connectivity index (χ0v) is 8.21. The van der Waals surface area contributed by atoms with E-state index in [0.29, 0.717) is 5.75 Å². The van der Waals surface area contributed by atoms with Crippen LogP contribution in [0.25, 0.3) is 0 Å². The van der Waals surface area contributed by atoms with Crippen molar-refractivity contribution >= 4 is 12.6 Å². The van der Waals surface area contributed by atoms with Crippen molar-refractivity contribution in [1.29, 1.82) is 0 Å². The summed E-state index contributed by atoms with van der Waals surface area (Å²) >= 11 is 4.07. The van der Waals surface area contributed by atoms with Crippen LogP contribution in [-0.2, 0) is 6.42 Å². The Bertz CT molecular complexity index is 299. The number of hydrogen-bond acceptors (Lipinski definition) is 4. The summed E-state index contributed by atoms with van der Waals surface area (Å²) < 4.78 is 4.88. The summed E-state index contributed by atoms with van der Waals surface area (Å²) in [7, 11) is 1.44. The number of aromatic hydroxyl groups is 2. The van der Waals surface area contributed by atoms with E-state index in [1.807, 2.05) is 0 Å². The maximum atomic E-state index is 9.30. The van der Waals surface area contributed by atoms with E-state index < -0.39 is 0 Å². The highest BCUT2D eigenvalue weighted by molar-refractivity contribution is 7.80. The van der Waals surface area contributed by atoms with Gasteiger partial charge in [-0.25, -0.2) is 0 Å². The average molecular weight is 200 g/mol. The third-order valence-electron chi connectivity index (χ3n) is 1.74. The lowest BCUT2D eigenvalue weighted by Crippen LogP contribution is -1.90. The molecule has 3 nitrogen and oxygen atoms in total. The fourth-order valence-corrected chi connectivity index (χ4v) is 1.34. The predicted molar refractivity (Wildman–Crippen MR) is 53.9 cm³/mol. The number of benzene rings is 1. The molecule has 2 N–H and O–H groups in total. The number of aryl methyl sites for hydroxylation is 1. The third-order valence-corrected chi connectivity index (χ3v) is 1.96. The molecular formula is C9H12O3S. The summed E-state index contributed by atoms with van der Waals surface area (Å²) in [5.41, 5.74) is 0.891. The Morgan fingerprint density at radius 3 is 2.62 bits per heavy atom. The minimum absolute atomic E-state index is 0.156. The van der Waals surface area contributed by atoms with Gasteiger partial charge in [0.25, 0.3) is 0 Å². The molecule has 0 radical (unpaired) electrons. The van der Waals surface area contributed by atoms with Gasteiger partial charge in [-0.2, -0.15) is 12.6 Å². The summed E-state index contributed by atoms with van der Waals surface area (Å²) in [6.45, 7) is 0. The van der Waals surface area contributed by atoms with Crippen LogP contribution in [0.2, 0.25) is 0 Å². The summed E-state index contributed by atoms with van der Waals surface area (Å²) in [4.78, 5) is 0.